The van der Waals surface area contributed by atoms with E-state index in [0.29, 0.717) is 0 Å². The van der Waals surface area contributed by atoms with Crippen LogP contribution in [-0.2, 0) is 52.4 Å². The Kier molecular flexibility index (Phi) is 1380. The topological polar surface area (TPSA) is 85.5 Å². The zero-order valence-corrected chi connectivity index (χ0v) is 8.32. The summed E-state index contributed by atoms with van der Waals surface area (Å²) in [6.07, 6.45) is 0. The van der Waals surface area contributed by atoms with E-state index in [1.54, 1.807) is 0 Å². The van der Waals surface area contributed by atoms with E-state index >= 15 is 0 Å². The molecule has 0 heterocycles. The SMILES string of the molecule is [Mg+2].[Ni+2].[O-2].[O-2].[O-2].[Zn+2]. The standard InChI is InChI=1S/Mg.Ni.3O.Zn/q2*+2;3*-2;+2. The molecule has 3 nitrogen and oxygen atoms in total. The second-order valence-electron chi connectivity index (χ2n) is 0. The molecule has 6 heavy (non-hydrogen) atoms. The van der Waals surface area contributed by atoms with Crippen molar-refractivity contribution in [3.8, 4) is 0 Å². The third-order valence-electron chi connectivity index (χ3n) is 0. The predicted octanol–water partition coefficient (Wildman–Crippen LogP) is -0.742. The van der Waals surface area contributed by atoms with Gasteiger partial charge >= 0.3 is 59.0 Å². The van der Waals surface area contributed by atoms with Crippen LogP contribution in [-0.4, -0.2) is 23.1 Å². The normalized spacial score (nSPS) is 0. The maximum atomic E-state index is 0. The zero-order chi connectivity index (χ0) is 0. The van der Waals surface area contributed by atoms with Gasteiger partial charge in [-0.1, -0.05) is 0 Å². The average molecular weight is 196 g/mol. The molecule has 0 aliphatic rings. The van der Waals surface area contributed by atoms with Gasteiger partial charge in [-0.15, -0.1) is 0 Å². The van der Waals surface area contributed by atoms with Gasteiger partial charge in [-0.05, 0) is 0 Å². The molecule has 0 N–H and O–H groups in total. The molecule has 0 aliphatic heterocycles. The van der Waals surface area contributed by atoms with Gasteiger partial charge in [-0.2, -0.15) is 0 Å². The van der Waals surface area contributed by atoms with Gasteiger partial charge in [0.2, 0.25) is 0 Å². The third-order valence-corrected chi connectivity index (χ3v) is 0. The van der Waals surface area contributed by atoms with Crippen molar-refractivity contribution in [2.45, 2.75) is 0 Å². The largest absolute Gasteiger partial charge is 2.00 e. The van der Waals surface area contributed by atoms with E-state index in [2.05, 4.69) is 0 Å². The van der Waals surface area contributed by atoms with Crippen LogP contribution in [0, 0.1) is 0 Å². The summed E-state index contributed by atoms with van der Waals surface area (Å²) in [6.45, 7) is 0. The fourth-order valence-electron chi connectivity index (χ4n) is 0. The first-order valence-corrected chi connectivity index (χ1v) is 0. The van der Waals surface area contributed by atoms with E-state index in [0.717, 1.165) is 0 Å². The summed E-state index contributed by atoms with van der Waals surface area (Å²) in [4.78, 5) is 0. The van der Waals surface area contributed by atoms with Crippen LogP contribution in [0.4, 0.5) is 0 Å². The number of hydrogen-bond donors (Lipinski definition) is 0. The van der Waals surface area contributed by atoms with Gasteiger partial charge in [0.25, 0.3) is 0 Å². The summed E-state index contributed by atoms with van der Waals surface area (Å²) >= 11 is 0. The monoisotopic (exact) mass is 194 g/mol. The molecule has 0 aromatic rings. The van der Waals surface area contributed by atoms with Crippen LogP contribution in [0.5, 0.6) is 0 Å². The Bertz CT molecular complexity index is 10.8. The van der Waals surface area contributed by atoms with Crippen molar-refractivity contribution < 1.29 is 52.4 Å². The van der Waals surface area contributed by atoms with Gasteiger partial charge < -0.3 is 16.4 Å². The molecular weight excluding hydrogens is 196 g/mol. The second kappa shape index (κ2) is 72.3. The van der Waals surface area contributed by atoms with Crippen LogP contribution in [0.15, 0.2) is 0 Å². The van der Waals surface area contributed by atoms with Crippen molar-refractivity contribution in [2.24, 2.45) is 0 Å². The summed E-state index contributed by atoms with van der Waals surface area (Å²) in [5.74, 6) is 0. The van der Waals surface area contributed by atoms with E-state index in [1.165, 1.54) is 0 Å². The van der Waals surface area contributed by atoms with Crippen molar-refractivity contribution in [2.75, 3.05) is 0 Å². The Labute approximate surface area is 75.0 Å². The molecule has 0 radical (unpaired) electrons. The molecule has 0 aliphatic carbocycles. The Balaban J connectivity index is 0. The molecular formula is MgNiO3Zn. The summed E-state index contributed by atoms with van der Waals surface area (Å²) in [7, 11) is 0. The summed E-state index contributed by atoms with van der Waals surface area (Å²) in [6, 6.07) is 0. The minimum Gasteiger partial charge on any atom is -2.00 e. The Morgan fingerprint density at radius 2 is 0.667 bits per heavy atom. The van der Waals surface area contributed by atoms with Crippen LogP contribution in [0.1, 0.15) is 0 Å². The molecule has 0 rings (SSSR count). The minimum atomic E-state index is 0. The van der Waals surface area contributed by atoms with Crippen LogP contribution in [0.2, 0.25) is 0 Å². The Morgan fingerprint density at radius 1 is 0.667 bits per heavy atom. The molecule has 0 unspecified atom stereocenters. The third kappa shape index (κ3) is 42.1. The molecule has 0 bridgehead atoms. The quantitative estimate of drug-likeness (QED) is 0.457. The zero-order valence-electron chi connectivity index (χ0n) is 2.96. The predicted molar refractivity (Wildman–Crippen MR) is 7.81 cm³/mol. The number of hydrogen-bond acceptors (Lipinski definition) is 0. The van der Waals surface area contributed by atoms with Gasteiger partial charge in [0.15, 0.2) is 0 Å². The molecule has 0 fully saturated rings. The molecule has 0 aromatic heterocycles. The maximum Gasteiger partial charge on any atom is 2.00 e. The van der Waals surface area contributed by atoms with Crippen molar-refractivity contribution in [3.63, 3.8) is 0 Å². The molecule has 0 amide bonds. The van der Waals surface area contributed by atoms with E-state index in [1.807, 2.05) is 0 Å². The van der Waals surface area contributed by atoms with Crippen molar-refractivity contribution >= 4 is 23.1 Å². The average Bonchev–Trinajstić information content (AvgIpc) is 0. The maximum absolute atomic E-state index is 0. The van der Waals surface area contributed by atoms with Crippen molar-refractivity contribution in [1.82, 2.24) is 0 Å². The fourth-order valence-corrected chi connectivity index (χ4v) is 0. The van der Waals surface area contributed by atoms with Crippen molar-refractivity contribution in [3.05, 3.63) is 0 Å². The van der Waals surface area contributed by atoms with E-state index in [9.17, 15) is 0 Å². The molecule has 0 aromatic carbocycles. The van der Waals surface area contributed by atoms with E-state index in [4.69, 9.17) is 0 Å². The van der Waals surface area contributed by atoms with Gasteiger partial charge in [0.1, 0.15) is 0 Å². The van der Waals surface area contributed by atoms with E-state index < -0.39 is 0 Å². The van der Waals surface area contributed by atoms with Gasteiger partial charge in [0.05, 0.1) is 0 Å². The minimum absolute atomic E-state index is 0. The van der Waals surface area contributed by atoms with Crippen LogP contribution < -0.4 is 0 Å². The van der Waals surface area contributed by atoms with Gasteiger partial charge in [-0.25, -0.2) is 0 Å². The van der Waals surface area contributed by atoms with Gasteiger partial charge in [-0.3, -0.25) is 0 Å². The summed E-state index contributed by atoms with van der Waals surface area (Å²) in [5, 5.41) is 0. The summed E-state index contributed by atoms with van der Waals surface area (Å²) in [5.41, 5.74) is 0. The molecule has 0 spiro atoms. The van der Waals surface area contributed by atoms with Crippen molar-refractivity contribution in [1.29, 1.82) is 0 Å². The Hall–Kier alpha value is 1.76. The smallest absolute Gasteiger partial charge is 2.00 e. The fraction of sp³-hybridized carbons (Fsp3) is 0. The number of rotatable bonds is 0. The first-order chi connectivity index (χ1) is 0. The van der Waals surface area contributed by atoms with Crippen LogP contribution >= 0.6 is 0 Å². The summed E-state index contributed by atoms with van der Waals surface area (Å²) < 4.78 is 0. The molecule has 0 atom stereocenters. The Morgan fingerprint density at radius 3 is 0.667 bits per heavy atom. The molecule has 32 valence electrons. The molecule has 0 saturated carbocycles. The van der Waals surface area contributed by atoms with Crippen LogP contribution in [0.3, 0.4) is 0 Å². The first kappa shape index (κ1) is 114. The van der Waals surface area contributed by atoms with E-state index in [-0.39, 0.29) is 75.5 Å². The molecule has 6 heteroatoms. The second-order valence-corrected chi connectivity index (χ2v) is 0. The van der Waals surface area contributed by atoms with Gasteiger partial charge in [0, 0.05) is 0 Å². The van der Waals surface area contributed by atoms with Crippen LogP contribution in [0.25, 0.3) is 0 Å². The first-order valence-electron chi connectivity index (χ1n) is 0. The molecule has 0 saturated heterocycles.